The van der Waals surface area contributed by atoms with E-state index in [0.29, 0.717) is 5.89 Å². The number of benzene rings is 2. The van der Waals surface area contributed by atoms with E-state index < -0.39 is 20.8 Å². The van der Waals surface area contributed by atoms with E-state index in [0.717, 1.165) is 12.1 Å². The molecule has 1 fully saturated rings. The van der Waals surface area contributed by atoms with E-state index in [1.807, 2.05) is 0 Å². The number of piperazine rings is 1. The number of nitrogens with zero attached hydrogens (tertiary/aromatic N) is 4. The zero-order valence-corrected chi connectivity index (χ0v) is 18.8. The summed E-state index contributed by atoms with van der Waals surface area (Å²) in [5.74, 6) is -0.00236. The summed E-state index contributed by atoms with van der Waals surface area (Å²) in [6, 6.07) is 10.9. The van der Waals surface area contributed by atoms with Crippen molar-refractivity contribution in [2.75, 3.05) is 26.2 Å². The number of sulfonamides is 1. The third-order valence-corrected chi connectivity index (χ3v) is 7.44. The largest absolute Gasteiger partial charge is 0.441 e. The van der Waals surface area contributed by atoms with Gasteiger partial charge < -0.3 is 9.32 Å². The van der Waals surface area contributed by atoms with Gasteiger partial charge in [-0.3, -0.25) is 14.9 Å². The van der Waals surface area contributed by atoms with E-state index in [1.165, 1.54) is 28.7 Å². The molecule has 0 radical (unpaired) electrons. The summed E-state index contributed by atoms with van der Waals surface area (Å²) in [7, 11) is -3.82. The van der Waals surface area contributed by atoms with Crippen LogP contribution in [0.15, 0.2) is 64.0 Å². The highest BCUT2D eigenvalue weighted by Crippen LogP contribution is 2.24. The van der Waals surface area contributed by atoms with Crippen molar-refractivity contribution in [1.82, 2.24) is 14.2 Å². The number of aryl methyl sites for hydroxylation is 1. The Bertz CT molecular complexity index is 1300. The summed E-state index contributed by atoms with van der Waals surface area (Å²) in [6.45, 7) is 0.664. The third kappa shape index (κ3) is 4.97. The van der Waals surface area contributed by atoms with Gasteiger partial charge in [0.25, 0.3) is 5.69 Å². The number of rotatable bonds is 7. The molecular weight excluding hydrogens is 467 g/mol. The second-order valence-corrected chi connectivity index (χ2v) is 9.57. The van der Waals surface area contributed by atoms with Crippen LogP contribution >= 0.6 is 0 Å². The highest BCUT2D eigenvalue weighted by atomic mass is 32.2. The normalized spacial score (nSPS) is 14.8. The Labute approximate surface area is 194 Å². The Balaban J connectivity index is 1.31. The maximum atomic E-state index is 13.9. The molecule has 34 heavy (non-hydrogen) atoms. The lowest BCUT2D eigenvalue weighted by molar-refractivity contribution is -0.384. The van der Waals surface area contributed by atoms with Crippen molar-refractivity contribution in [3.05, 3.63) is 76.6 Å². The van der Waals surface area contributed by atoms with E-state index in [1.54, 1.807) is 23.1 Å². The molecule has 4 rings (SSSR count). The van der Waals surface area contributed by atoms with Crippen LogP contribution in [0, 0.1) is 15.9 Å². The molecule has 2 heterocycles. The second-order valence-electron chi connectivity index (χ2n) is 7.63. The monoisotopic (exact) mass is 488 g/mol. The number of carbonyl (C=O) groups is 1. The summed E-state index contributed by atoms with van der Waals surface area (Å²) >= 11 is 0. The van der Waals surface area contributed by atoms with Gasteiger partial charge >= 0.3 is 0 Å². The second kappa shape index (κ2) is 9.69. The number of carbonyl (C=O) groups excluding carboxylic acids is 1. The molecule has 1 saturated heterocycles. The van der Waals surface area contributed by atoms with Crippen molar-refractivity contribution in [3.8, 4) is 11.3 Å². The number of hydrogen-bond acceptors (Lipinski definition) is 7. The van der Waals surface area contributed by atoms with Gasteiger partial charge in [0.05, 0.1) is 21.6 Å². The summed E-state index contributed by atoms with van der Waals surface area (Å²) in [5, 5.41) is 10.8. The first kappa shape index (κ1) is 23.5. The van der Waals surface area contributed by atoms with Crippen molar-refractivity contribution in [2.45, 2.75) is 17.7 Å². The fourth-order valence-corrected chi connectivity index (χ4v) is 5.07. The summed E-state index contributed by atoms with van der Waals surface area (Å²) in [5.41, 5.74) is 0.0966. The van der Waals surface area contributed by atoms with Gasteiger partial charge in [-0.25, -0.2) is 17.8 Å². The zero-order chi connectivity index (χ0) is 24.3. The van der Waals surface area contributed by atoms with Gasteiger partial charge in [-0.2, -0.15) is 4.31 Å². The molecule has 0 N–H and O–H groups in total. The van der Waals surface area contributed by atoms with Crippen LogP contribution in [0.2, 0.25) is 0 Å². The number of non-ortho nitro benzene ring substituents is 1. The van der Waals surface area contributed by atoms with E-state index in [2.05, 4.69) is 4.98 Å². The first-order valence-corrected chi connectivity index (χ1v) is 11.9. The lowest BCUT2D eigenvalue weighted by atomic mass is 10.2. The fraction of sp³-hybridized carbons (Fsp3) is 0.273. The number of amides is 1. The van der Waals surface area contributed by atoms with Gasteiger partial charge in [-0.1, -0.05) is 12.1 Å². The van der Waals surface area contributed by atoms with Crippen LogP contribution < -0.4 is 0 Å². The molecule has 1 amide bonds. The third-order valence-electron chi connectivity index (χ3n) is 5.52. The smallest absolute Gasteiger partial charge is 0.269 e. The Hall–Kier alpha value is -3.64. The van der Waals surface area contributed by atoms with Gasteiger partial charge in [0.2, 0.25) is 15.9 Å². The number of oxazole rings is 1. The van der Waals surface area contributed by atoms with E-state index in [-0.39, 0.29) is 66.8 Å². The molecule has 10 nitrogen and oxygen atoms in total. The topological polar surface area (TPSA) is 127 Å². The SMILES string of the molecule is O=C(CCc1ncc(-c2ccccc2F)o1)N1CCN(S(=O)(=O)c2ccc([N+](=O)[O-])cc2)CC1. The Morgan fingerprint density at radius 1 is 1.09 bits per heavy atom. The lowest BCUT2D eigenvalue weighted by Gasteiger charge is -2.34. The first-order chi connectivity index (χ1) is 16.3. The summed E-state index contributed by atoms with van der Waals surface area (Å²) < 4.78 is 46.3. The van der Waals surface area contributed by atoms with Crippen LogP contribution in [0.1, 0.15) is 12.3 Å². The number of nitro groups is 1. The fourth-order valence-electron chi connectivity index (χ4n) is 3.65. The molecular formula is C22H21FN4O6S. The molecule has 2 aromatic carbocycles. The quantitative estimate of drug-likeness (QED) is 0.370. The highest BCUT2D eigenvalue weighted by molar-refractivity contribution is 7.89. The van der Waals surface area contributed by atoms with Gasteiger partial charge in [0, 0.05) is 51.2 Å². The van der Waals surface area contributed by atoms with Crippen LogP contribution in [0.4, 0.5) is 10.1 Å². The Morgan fingerprint density at radius 3 is 2.41 bits per heavy atom. The van der Waals surface area contributed by atoms with E-state index in [4.69, 9.17) is 4.42 Å². The molecule has 0 unspecified atom stereocenters. The predicted octanol–water partition coefficient (Wildman–Crippen LogP) is 2.85. The maximum absolute atomic E-state index is 13.9. The minimum absolute atomic E-state index is 0.0348. The predicted molar refractivity (Wildman–Crippen MR) is 119 cm³/mol. The van der Waals surface area contributed by atoms with Gasteiger partial charge in [-0.15, -0.1) is 0 Å². The maximum Gasteiger partial charge on any atom is 0.269 e. The van der Waals surface area contributed by atoms with Crippen LogP contribution in [-0.2, 0) is 21.2 Å². The average Bonchev–Trinajstić information content (AvgIpc) is 3.31. The number of nitro benzene ring substituents is 1. The van der Waals surface area contributed by atoms with Crippen molar-refractivity contribution < 1.29 is 26.9 Å². The minimum atomic E-state index is -3.82. The average molecular weight is 488 g/mol. The number of hydrogen-bond donors (Lipinski definition) is 0. The first-order valence-electron chi connectivity index (χ1n) is 10.5. The summed E-state index contributed by atoms with van der Waals surface area (Å²) in [4.78, 5) is 28.4. The molecule has 0 spiro atoms. The van der Waals surface area contributed by atoms with Crippen molar-refractivity contribution in [2.24, 2.45) is 0 Å². The molecule has 0 atom stereocenters. The van der Waals surface area contributed by atoms with Crippen LogP contribution in [0.5, 0.6) is 0 Å². The molecule has 3 aromatic rings. The molecule has 1 aromatic heterocycles. The van der Waals surface area contributed by atoms with Crippen LogP contribution in [0.3, 0.4) is 0 Å². The van der Waals surface area contributed by atoms with Crippen molar-refractivity contribution in [1.29, 1.82) is 0 Å². The number of aromatic nitrogens is 1. The zero-order valence-electron chi connectivity index (χ0n) is 18.0. The molecule has 178 valence electrons. The molecule has 0 saturated carbocycles. The van der Waals surface area contributed by atoms with Crippen LogP contribution in [0.25, 0.3) is 11.3 Å². The number of halogens is 1. The van der Waals surface area contributed by atoms with E-state index >= 15 is 0 Å². The Morgan fingerprint density at radius 2 is 1.76 bits per heavy atom. The Kier molecular flexibility index (Phi) is 6.70. The van der Waals surface area contributed by atoms with Crippen molar-refractivity contribution in [3.63, 3.8) is 0 Å². The molecule has 1 aliphatic rings. The molecule has 0 aliphatic carbocycles. The van der Waals surface area contributed by atoms with Gasteiger partial charge in [0.15, 0.2) is 11.7 Å². The van der Waals surface area contributed by atoms with Crippen molar-refractivity contribution >= 4 is 21.6 Å². The molecule has 0 bridgehead atoms. The van der Waals surface area contributed by atoms with Crippen LogP contribution in [-0.4, -0.2) is 59.6 Å². The highest BCUT2D eigenvalue weighted by Gasteiger charge is 2.30. The standard InChI is InChI=1S/C22H21FN4O6S/c23-19-4-2-1-3-18(19)20-15-24-21(33-20)9-10-22(28)25-11-13-26(14-12-25)34(31,32)17-7-5-16(6-8-17)27(29)30/h1-8,15H,9-14H2. The van der Waals surface area contributed by atoms with Gasteiger partial charge in [-0.05, 0) is 24.3 Å². The summed E-state index contributed by atoms with van der Waals surface area (Å²) in [6.07, 6.45) is 1.76. The minimum Gasteiger partial charge on any atom is -0.441 e. The molecule has 1 aliphatic heterocycles. The van der Waals surface area contributed by atoms with Gasteiger partial charge in [0.1, 0.15) is 5.82 Å². The van der Waals surface area contributed by atoms with E-state index in [9.17, 15) is 27.7 Å². The lowest BCUT2D eigenvalue weighted by Crippen LogP contribution is -2.50. The molecule has 12 heteroatoms.